The van der Waals surface area contributed by atoms with Gasteiger partial charge in [-0.1, -0.05) is 23.2 Å². The largest absolute Gasteiger partial charge is 0.396 e. The Morgan fingerprint density at radius 1 is 1.29 bits per heavy atom. The fraction of sp³-hybridized carbons (Fsp3) is 0.250. The second-order valence-electron chi connectivity index (χ2n) is 4.32. The minimum Gasteiger partial charge on any atom is -0.396 e. The monoisotopic (exact) mass is 348 g/mol. The Hall–Kier alpha value is -1.28. The first-order valence-electron chi connectivity index (χ1n) is 6.12. The molecule has 0 saturated heterocycles. The minimum absolute atomic E-state index is 0.00853. The minimum atomic E-state index is -3.67. The van der Waals surface area contributed by atoms with Gasteiger partial charge in [0.25, 0.3) is 0 Å². The summed E-state index contributed by atoms with van der Waals surface area (Å²) in [6.07, 6.45) is 4.09. The predicted molar refractivity (Wildman–Crippen MR) is 82.9 cm³/mol. The van der Waals surface area contributed by atoms with Crippen LogP contribution in [0.4, 0.5) is 5.69 Å². The molecule has 0 aliphatic rings. The average Bonchev–Trinajstić information content (AvgIpc) is 2.93. The van der Waals surface area contributed by atoms with Gasteiger partial charge >= 0.3 is 0 Å². The summed E-state index contributed by atoms with van der Waals surface area (Å²) >= 11 is 11.7. The van der Waals surface area contributed by atoms with Gasteiger partial charge in [-0.25, -0.2) is 13.1 Å². The predicted octanol–water partition coefficient (Wildman–Crippen LogP) is 2.14. The SMILES string of the molecule is Nc1c(Cl)cc(S(=O)(=O)NCCCn2cccn2)cc1Cl. The van der Waals surface area contributed by atoms with E-state index in [9.17, 15) is 8.42 Å². The molecule has 0 unspecified atom stereocenters. The fourth-order valence-electron chi connectivity index (χ4n) is 1.68. The highest BCUT2D eigenvalue weighted by Gasteiger charge is 2.16. The summed E-state index contributed by atoms with van der Waals surface area (Å²) < 4.78 is 28.4. The van der Waals surface area contributed by atoms with E-state index in [0.717, 1.165) is 0 Å². The molecule has 0 aliphatic carbocycles. The number of nitrogen functional groups attached to an aromatic ring is 1. The van der Waals surface area contributed by atoms with Crippen molar-refractivity contribution < 1.29 is 8.42 Å². The van der Waals surface area contributed by atoms with Crippen LogP contribution >= 0.6 is 23.2 Å². The van der Waals surface area contributed by atoms with Crippen LogP contribution in [0.1, 0.15) is 6.42 Å². The van der Waals surface area contributed by atoms with Crippen molar-refractivity contribution in [2.24, 2.45) is 0 Å². The normalized spacial score (nSPS) is 11.7. The lowest BCUT2D eigenvalue weighted by atomic mass is 10.3. The van der Waals surface area contributed by atoms with Crippen LogP contribution in [0.15, 0.2) is 35.5 Å². The van der Waals surface area contributed by atoms with Crippen molar-refractivity contribution in [3.05, 3.63) is 40.6 Å². The summed E-state index contributed by atoms with van der Waals surface area (Å²) in [7, 11) is -3.67. The summed E-state index contributed by atoms with van der Waals surface area (Å²) in [4.78, 5) is -0.00853. The number of hydrogen-bond acceptors (Lipinski definition) is 4. The van der Waals surface area contributed by atoms with E-state index >= 15 is 0 Å². The third-order valence-electron chi connectivity index (χ3n) is 2.78. The summed E-state index contributed by atoms with van der Waals surface area (Å²) in [6, 6.07) is 4.36. The molecule has 1 aromatic heterocycles. The molecule has 0 amide bonds. The number of nitrogens with two attached hydrogens (primary N) is 1. The highest BCUT2D eigenvalue weighted by Crippen LogP contribution is 2.30. The Morgan fingerprint density at radius 3 is 2.52 bits per heavy atom. The third kappa shape index (κ3) is 4.10. The molecule has 0 bridgehead atoms. The second-order valence-corrected chi connectivity index (χ2v) is 6.90. The van der Waals surface area contributed by atoms with Gasteiger partial charge in [-0.15, -0.1) is 0 Å². The molecule has 0 spiro atoms. The molecular formula is C12H14Cl2N4O2S. The van der Waals surface area contributed by atoms with Crippen LogP contribution in [-0.4, -0.2) is 24.7 Å². The van der Waals surface area contributed by atoms with Gasteiger partial charge in [0.1, 0.15) is 0 Å². The van der Waals surface area contributed by atoms with Gasteiger partial charge in [-0.2, -0.15) is 5.10 Å². The van der Waals surface area contributed by atoms with E-state index in [0.29, 0.717) is 13.0 Å². The van der Waals surface area contributed by atoms with Crippen LogP contribution < -0.4 is 10.5 Å². The number of aromatic nitrogens is 2. The molecule has 9 heteroatoms. The first-order chi connectivity index (χ1) is 9.90. The van der Waals surface area contributed by atoms with E-state index in [4.69, 9.17) is 28.9 Å². The lowest BCUT2D eigenvalue weighted by Crippen LogP contribution is -2.25. The molecule has 2 aromatic rings. The number of rotatable bonds is 6. The topological polar surface area (TPSA) is 90.0 Å². The van der Waals surface area contributed by atoms with E-state index in [1.807, 2.05) is 12.3 Å². The van der Waals surface area contributed by atoms with Crippen molar-refractivity contribution in [2.75, 3.05) is 12.3 Å². The number of sulfonamides is 1. The number of benzene rings is 1. The second kappa shape index (κ2) is 6.65. The van der Waals surface area contributed by atoms with Crippen molar-refractivity contribution in [3.63, 3.8) is 0 Å². The van der Waals surface area contributed by atoms with E-state index in [1.165, 1.54) is 12.1 Å². The van der Waals surface area contributed by atoms with E-state index in [1.54, 1.807) is 10.9 Å². The van der Waals surface area contributed by atoms with Gasteiger partial charge in [0.05, 0.1) is 20.6 Å². The molecule has 1 heterocycles. The molecular weight excluding hydrogens is 335 g/mol. The van der Waals surface area contributed by atoms with Crippen molar-refractivity contribution >= 4 is 38.9 Å². The Balaban J connectivity index is 1.98. The van der Waals surface area contributed by atoms with Crippen LogP contribution in [0, 0.1) is 0 Å². The zero-order valence-corrected chi connectivity index (χ0v) is 13.3. The summed E-state index contributed by atoms with van der Waals surface area (Å²) in [5.41, 5.74) is 5.74. The van der Waals surface area contributed by atoms with Crippen LogP contribution in [0.3, 0.4) is 0 Å². The van der Waals surface area contributed by atoms with Crippen LogP contribution in [0.25, 0.3) is 0 Å². The van der Waals surface area contributed by atoms with Gasteiger partial charge < -0.3 is 5.73 Å². The molecule has 21 heavy (non-hydrogen) atoms. The number of hydrogen-bond donors (Lipinski definition) is 2. The average molecular weight is 349 g/mol. The summed E-state index contributed by atoms with van der Waals surface area (Å²) in [6.45, 7) is 0.903. The number of anilines is 1. The number of nitrogens with one attached hydrogen (secondary N) is 1. The Kier molecular flexibility index (Phi) is 5.10. The first kappa shape index (κ1) is 16.1. The maximum atomic E-state index is 12.1. The summed E-state index contributed by atoms with van der Waals surface area (Å²) in [5, 5.41) is 4.25. The maximum absolute atomic E-state index is 12.1. The smallest absolute Gasteiger partial charge is 0.240 e. The molecule has 0 saturated carbocycles. The van der Waals surface area contributed by atoms with Crippen molar-refractivity contribution in [2.45, 2.75) is 17.9 Å². The Bertz CT molecular complexity index is 694. The van der Waals surface area contributed by atoms with Crippen molar-refractivity contribution in [3.8, 4) is 0 Å². The number of nitrogens with zero attached hydrogens (tertiary/aromatic N) is 2. The molecule has 6 nitrogen and oxygen atoms in total. The zero-order valence-electron chi connectivity index (χ0n) is 11.0. The van der Waals surface area contributed by atoms with Crippen LogP contribution in [0.5, 0.6) is 0 Å². The van der Waals surface area contributed by atoms with E-state index < -0.39 is 10.0 Å². The number of halogens is 2. The first-order valence-corrected chi connectivity index (χ1v) is 8.35. The Morgan fingerprint density at radius 2 is 1.95 bits per heavy atom. The lowest BCUT2D eigenvalue weighted by Gasteiger charge is -2.09. The quantitative estimate of drug-likeness (QED) is 0.618. The highest BCUT2D eigenvalue weighted by molar-refractivity contribution is 7.89. The van der Waals surface area contributed by atoms with Gasteiger partial charge in [0.15, 0.2) is 0 Å². The molecule has 3 N–H and O–H groups in total. The van der Waals surface area contributed by atoms with Crippen LogP contribution in [0.2, 0.25) is 10.0 Å². The van der Waals surface area contributed by atoms with Gasteiger partial charge in [0.2, 0.25) is 10.0 Å². The van der Waals surface area contributed by atoms with Crippen LogP contribution in [-0.2, 0) is 16.6 Å². The number of aryl methyl sites for hydroxylation is 1. The lowest BCUT2D eigenvalue weighted by molar-refractivity contribution is 0.553. The molecule has 2 rings (SSSR count). The molecule has 0 aliphatic heterocycles. The fourth-order valence-corrected chi connectivity index (χ4v) is 3.42. The summed E-state index contributed by atoms with van der Waals surface area (Å²) in [5.74, 6) is 0. The van der Waals surface area contributed by atoms with Gasteiger partial charge in [-0.3, -0.25) is 4.68 Å². The third-order valence-corrected chi connectivity index (χ3v) is 4.84. The maximum Gasteiger partial charge on any atom is 0.240 e. The molecule has 114 valence electrons. The standard InChI is InChI=1S/C12H14Cl2N4O2S/c13-10-7-9(8-11(14)12(10)15)21(19,20)17-4-2-6-18-5-1-3-16-18/h1,3,5,7-8,17H,2,4,6,15H2. The van der Waals surface area contributed by atoms with Gasteiger partial charge in [0, 0.05) is 25.5 Å². The zero-order chi connectivity index (χ0) is 15.5. The molecule has 1 aromatic carbocycles. The van der Waals surface area contributed by atoms with Crippen molar-refractivity contribution in [1.29, 1.82) is 0 Å². The van der Waals surface area contributed by atoms with Crippen molar-refractivity contribution in [1.82, 2.24) is 14.5 Å². The van der Waals surface area contributed by atoms with Gasteiger partial charge in [-0.05, 0) is 24.6 Å². The molecule has 0 fully saturated rings. The molecule has 0 radical (unpaired) electrons. The Labute approximate surface area is 132 Å². The highest BCUT2D eigenvalue weighted by atomic mass is 35.5. The van der Waals surface area contributed by atoms with E-state index in [-0.39, 0.29) is 27.2 Å². The molecule has 0 atom stereocenters. The van der Waals surface area contributed by atoms with E-state index in [2.05, 4.69) is 9.82 Å².